The van der Waals surface area contributed by atoms with Crippen LogP contribution in [-0.2, 0) is 0 Å². The van der Waals surface area contributed by atoms with Crippen LogP contribution in [0.25, 0.3) is 0 Å². The zero-order valence-corrected chi connectivity index (χ0v) is 13.5. The molecule has 22 heavy (non-hydrogen) atoms. The number of amides is 1. The number of nitrogens with zero attached hydrogens (tertiary/aromatic N) is 2. The molecule has 0 spiro atoms. The lowest BCUT2D eigenvalue weighted by atomic mass is 10.2. The first-order valence-corrected chi connectivity index (χ1v) is 7.44. The minimum Gasteiger partial charge on any atom is -0.341 e. The van der Waals surface area contributed by atoms with Crippen LogP contribution in [-0.4, -0.2) is 29.4 Å². The molecule has 1 aromatic heterocycles. The first-order valence-electron chi connectivity index (χ1n) is 6.69. The molecule has 0 fully saturated rings. The van der Waals surface area contributed by atoms with Gasteiger partial charge in [-0.05, 0) is 30.2 Å². The van der Waals surface area contributed by atoms with Crippen LogP contribution in [0, 0.1) is 11.8 Å². The number of pyridine rings is 1. The highest BCUT2D eigenvalue weighted by atomic mass is 35.5. The number of carbonyl (C=O) groups excluding carboxylic acids is 1. The number of carbonyl (C=O) groups is 1. The van der Waals surface area contributed by atoms with Crippen LogP contribution >= 0.6 is 23.2 Å². The molecule has 0 bridgehead atoms. The van der Waals surface area contributed by atoms with E-state index in [0.29, 0.717) is 23.6 Å². The van der Waals surface area contributed by atoms with Gasteiger partial charge in [-0.25, -0.2) is 4.98 Å². The average molecular weight is 333 g/mol. The fraction of sp³-hybridized carbons (Fsp3) is 0.176. The number of rotatable bonds is 3. The minimum absolute atomic E-state index is 0.174. The van der Waals surface area contributed by atoms with Crippen LogP contribution in [0.2, 0.25) is 10.0 Å². The lowest BCUT2D eigenvalue weighted by Crippen LogP contribution is -2.27. The lowest BCUT2D eigenvalue weighted by molar-refractivity contribution is 0.0798. The molecule has 0 N–H and O–H groups in total. The van der Waals surface area contributed by atoms with Crippen LogP contribution in [0.15, 0.2) is 42.6 Å². The van der Waals surface area contributed by atoms with Crippen LogP contribution in [0.4, 0.5) is 0 Å². The molecule has 0 radical (unpaired) electrons. The van der Waals surface area contributed by atoms with Crippen molar-refractivity contribution in [3.05, 3.63) is 63.9 Å². The Morgan fingerprint density at radius 1 is 1.23 bits per heavy atom. The summed E-state index contributed by atoms with van der Waals surface area (Å²) >= 11 is 12.0. The Balaban J connectivity index is 1.95. The summed E-state index contributed by atoms with van der Waals surface area (Å²) in [6.45, 7) is 0.501. The number of hydrogen-bond acceptors (Lipinski definition) is 2. The summed E-state index contributed by atoms with van der Waals surface area (Å²) in [5, 5.41) is 0.649. The van der Waals surface area contributed by atoms with Crippen LogP contribution in [0.1, 0.15) is 22.5 Å². The summed E-state index contributed by atoms with van der Waals surface area (Å²) in [6, 6.07) is 10.6. The highest BCUT2D eigenvalue weighted by Crippen LogP contribution is 2.26. The molecule has 2 aromatic rings. The summed E-state index contributed by atoms with van der Waals surface area (Å²) in [7, 11) is 1.71. The van der Waals surface area contributed by atoms with E-state index in [1.807, 2.05) is 18.2 Å². The zero-order valence-electron chi connectivity index (χ0n) is 12.0. The summed E-state index contributed by atoms with van der Waals surface area (Å²) < 4.78 is 0. The van der Waals surface area contributed by atoms with Gasteiger partial charge in [0.15, 0.2) is 0 Å². The predicted molar refractivity (Wildman–Crippen MR) is 89.2 cm³/mol. The third-order valence-electron chi connectivity index (χ3n) is 2.98. The third-order valence-corrected chi connectivity index (χ3v) is 3.80. The Kier molecular flexibility index (Phi) is 5.83. The fourth-order valence-corrected chi connectivity index (χ4v) is 2.17. The van der Waals surface area contributed by atoms with Gasteiger partial charge in [0, 0.05) is 26.2 Å². The quantitative estimate of drug-likeness (QED) is 0.798. The first-order chi connectivity index (χ1) is 10.6. The van der Waals surface area contributed by atoms with Crippen LogP contribution in [0.5, 0.6) is 0 Å². The Bertz CT molecular complexity index is 720. The van der Waals surface area contributed by atoms with Crippen molar-refractivity contribution >= 4 is 29.1 Å². The van der Waals surface area contributed by atoms with Crippen molar-refractivity contribution in [2.24, 2.45) is 0 Å². The summed E-state index contributed by atoms with van der Waals surface area (Å²) in [5.41, 5.74) is 1.11. The van der Waals surface area contributed by atoms with Crippen LogP contribution < -0.4 is 0 Å². The van der Waals surface area contributed by atoms with Crippen LogP contribution in [0.3, 0.4) is 0 Å². The second-order valence-corrected chi connectivity index (χ2v) is 5.38. The fourth-order valence-electron chi connectivity index (χ4n) is 1.79. The van der Waals surface area contributed by atoms with Gasteiger partial charge in [0.05, 0.1) is 15.6 Å². The Morgan fingerprint density at radius 2 is 2.05 bits per heavy atom. The Hall–Kier alpha value is -2.02. The smallest absolute Gasteiger partial charge is 0.255 e. The van der Waals surface area contributed by atoms with Gasteiger partial charge in [-0.1, -0.05) is 41.3 Å². The molecule has 0 aliphatic heterocycles. The highest BCUT2D eigenvalue weighted by Gasteiger charge is 2.15. The molecule has 0 unspecified atom stereocenters. The maximum Gasteiger partial charge on any atom is 0.255 e. The van der Waals surface area contributed by atoms with Crippen molar-refractivity contribution in [3.63, 3.8) is 0 Å². The number of hydrogen-bond donors (Lipinski definition) is 0. The molecule has 5 heteroatoms. The SMILES string of the molecule is CN(CCC#Cc1ccccn1)C(=O)c1cccc(Cl)c1Cl. The van der Waals surface area contributed by atoms with E-state index < -0.39 is 0 Å². The van der Waals surface area contributed by atoms with Crippen molar-refractivity contribution in [1.29, 1.82) is 0 Å². The largest absolute Gasteiger partial charge is 0.341 e. The second kappa shape index (κ2) is 7.84. The van der Waals surface area contributed by atoms with Crippen molar-refractivity contribution in [2.75, 3.05) is 13.6 Å². The first kappa shape index (κ1) is 16.4. The highest BCUT2D eigenvalue weighted by molar-refractivity contribution is 6.43. The van der Waals surface area contributed by atoms with Crippen molar-refractivity contribution in [3.8, 4) is 11.8 Å². The molecule has 2 rings (SSSR count). The van der Waals surface area contributed by atoms with Gasteiger partial charge in [0.2, 0.25) is 0 Å². The molecule has 1 aromatic carbocycles. The molecular formula is C17H14Cl2N2O. The molecule has 0 aliphatic carbocycles. The topological polar surface area (TPSA) is 33.2 Å². The van der Waals surface area contributed by atoms with Gasteiger partial charge in [-0.15, -0.1) is 0 Å². The van der Waals surface area contributed by atoms with E-state index in [2.05, 4.69) is 16.8 Å². The molecule has 0 saturated heterocycles. The average Bonchev–Trinajstić information content (AvgIpc) is 2.54. The predicted octanol–water partition coefficient (Wildman–Crippen LogP) is 3.90. The normalized spacial score (nSPS) is 9.77. The summed E-state index contributed by atoms with van der Waals surface area (Å²) in [5.74, 6) is 5.78. The number of halogens is 2. The van der Waals surface area contributed by atoms with E-state index >= 15 is 0 Å². The molecule has 3 nitrogen and oxygen atoms in total. The van der Waals surface area contributed by atoms with Gasteiger partial charge in [0.1, 0.15) is 5.69 Å². The second-order valence-electron chi connectivity index (χ2n) is 4.59. The molecule has 112 valence electrons. The molecule has 1 heterocycles. The molecule has 0 aliphatic rings. The summed E-state index contributed by atoms with van der Waals surface area (Å²) in [6.07, 6.45) is 2.25. The zero-order chi connectivity index (χ0) is 15.9. The van der Waals surface area contributed by atoms with Gasteiger partial charge in [-0.3, -0.25) is 4.79 Å². The standard InChI is InChI=1S/C17H14Cl2N2O/c1-21(12-5-3-8-13-7-2-4-11-20-13)17(22)14-9-6-10-15(18)16(14)19/h2,4,6-7,9-11H,5,12H2,1H3. The van der Waals surface area contributed by atoms with Crippen molar-refractivity contribution in [2.45, 2.75) is 6.42 Å². The monoisotopic (exact) mass is 332 g/mol. The Morgan fingerprint density at radius 3 is 2.77 bits per heavy atom. The van der Waals surface area contributed by atoms with E-state index in [1.54, 1.807) is 36.3 Å². The minimum atomic E-state index is -0.174. The third kappa shape index (κ3) is 4.24. The Labute approximate surface area is 139 Å². The molecule has 0 atom stereocenters. The summed E-state index contributed by atoms with van der Waals surface area (Å²) in [4.78, 5) is 18.0. The molecule has 0 saturated carbocycles. The maximum absolute atomic E-state index is 12.3. The number of aromatic nitrogens is 1. The van der Waals surface area contributed by atoms with Crippen molar-refractivity contribution in [1.82, 2.24) is 9.88 Å². The van der Waals surface area contributed by atoms with E-state index in [1.165, 1.54) is 0 Å². The van der Waals surface area contributed by atoms with Gasteiger partial charge < -0.3 is 4.90 Å². The maximum atomic E-state index is 12.3. The van der Waals surface area contributed by atoms with Gasteiger partial charge in [-0.2, -0.15) is 0 Å². The molecular weight excluding hydrogens is 319 g/mol. The molecule has 1 amide bonds. The van der Waals surface area contributed by atoms with E-state index in [0.717, 1.165) is 5.69 Å². The van der Waals surface area contributed by atoms with E-state index in [9.17, 15) is 4.79 Å². The van der Waals surface area contributed by atoms with E-state index in [4.69, 9.17) is 23.2 Å². The van der Waals surface area contributed by atoms with E-state index in [-0.39, 0.29) is 10.9 Å². The number of benzene rings is 1. The lowest BCUT2D eigenvalue weighted by Gasteiger charge is -2.16. The van der Waals surface area contributed by atoms with Gasteiger partial charge >= 0.3 is 0 Å². The van der Waals surface area contributed by atoms with Crippen molar-refractivity contribution < 1.29 is 4.79 Å². The van der Waals surface area contributed by atoms with Gasteiger partial charge in [0.25, 0.3) is 5.91 Å².